The summed E-state index contributed by atoms with van der Waals surface area (Å²) in [4.78, 5) is 22.6. The Balaban J connectivity index is -0.00000200. The molecule has 0 bridgehead atoms. The van der Waals surface area contributed by atoms with E-state index in [0.29, 0.717) is 6.42 Å². The minimum Gasteiger partial charge on any atom is -0.550 e. The van der Waals surface area contributed by atoms with E-state index in [1.165, 1.54) is 0 Å². The third kappa shape index (κ3) is 6.58. The Bertz CT molecular complexity index is 491. The van der Waals surface area contributed by atoms with Crippen molar-refractivity contribution in [1.82, 2.24) is 0 Å². The Morgan fingerprint density at radius 2 is 1.39 bits per heavy atom. The molecule has 0 rings (SSSR count). The monoisotopic (exact) mass is 368 g/mol. The van der Waals surface area contributed by atoms with E-state index in [1.54, 1.807) is 0 Å². The van der Waals surface area contributed by atoms with Gasteiger partial charge in [0.2, 0.25) is 0 Å². The van der Waals surface area contributed by atoms with E-state index >= 15 is 0 Å². The van der Waals surface area contributed by atoms with Crippen LogP contribution >= 0.6 is 0 Å². The summed E-state index contributed by atoms with van der Waals surface area (Å²) in [7, 11) is -5.20. The van der Waals surface area contributed by atoms with Gasteiger partial charge in [0.05, 0.1) is 5.97 Å². The van der Waals surface area contributed by atoms with Crippen LogP contribution < -0.4 is 69.3 Å². The molecule has 0 aliphatic heterocycles. The number of hydrogen-bond acceptors (Lipinski definition) is 6. The van der Waals surface area contributed by atoms with Gasteiger partial charge in [0, 0.05) is 11.4 Å². The van der Waals surface area contributed by atoms with Gasteiger partial charge in [0.25, 0.3) is 10.1 Å². The van der Waals surface area contributed by atoms with E-state index in [1.807, 2.05) is 6.92 Å². The van der Waals surface area contributed by atoms with E-state index in [0.717, 1.165) is 33.1 Å². The molecule has 0 fully saturated rings. The van der Waals surface area contributed by atoms with Crippen molar-refractivity contribution in [2.75, 3.05) is 0 Å². The quantitative estimate of drug-likeness (QED) is 0.230. The fourth-order valence-corrected chi connectivity index (χ4v) is 3.71. The fourth-order valence-electron chi connectivity index (χ4n) is 2.37. The Hall–Kier alpha value is 0.850. The maximum Gasteiger partial charge on any atom is 1.00 e. The molecule has 0 aromatic carbocycles. The molecule has 0 saturated heterocycles. The first-order valence-electron chi connectivity index (χ1n) is 6.85. The van der Waals surface area contributed by atoms with Gasteiger partial charge in [0.1, 0.15) is 4.75 Å². The zero-order valence-corrected chi connectivity index (χ0v) is 19.4. The maximum atomic E-state index is 11.6. The van der Waals surface area contributed by atoms with Crippen molar-refractivity contribution >= 4 is 22.1 Å². The molecule has 0 radical (unpaired) electrons. The molecule has 1 atom stereocenters. The van der Waals surface area contributed by atoms with Crippen molar-refractivity contribution in [2.24, 2.45) is 5.41 Å². The third-order valence-electron chi connectivity index (χ3n) is 3.92. The van der Waals surface area contributed by atoms with Crippen LogP contribution in [0.4, 0.5) is 0 Å². The number of hydrogen-bond donors (Lipinski definition) is 1. The molecule has 0 aromatic rings. The minimum absolute atomic E-state index is 0. The first-order chi connectivity index (χ1) is 9.45. The SMILES string of the molecule is CCCCCCCC(C(=O)[O-])(C(C)(C)C(=O)[O-])S(=O)(=O)O.[Na+].[Na+]. The van der Waals surface area contributed by atoms with Crippen molar-refractivity contribution in [3.63, 3.8) is 0 Å². The number of carbonyl (C=O) groups is 2. The summed E-state index contributed by atoms with van der Waals surface area (Å²) in [6.07, 6.45) is 2.73. The van der Waals surface area contributed by atoms with Gasteiger partial charge in [-0.1, -0.05) is 52.9 Å². The van der Waals surface area contributed by atoms with Gasteiger partial charge in [-0.3, -0.25) is 4.55 Å². The average molecular weight is 368 g/mol. The Morgan fingerprint density at radius 1 is 0.957 bits per heavy atom. The van der Waals surface area contributed by atoms with E-state index in [-0.39, 0.29) is 65.5 Å². The predicted octanol–water partition coefficient (Wildman–Crippen LogP) is -6.49. The van der Waals surface area contributed by atoms with Crippen molar-refractivity contribution in [3.8, 4) is 0 Å². The normalized spacial score (nSPS) is 14.1. The zero-order valence-electron chi connectivity index (χ0n) is 14.5. The van der Waals surface area contributed by atoms with Crippen LogP contribution in [0.25, 0.3) is 0 Å². The number of carbonyl (C=O) groups excluding carboxylic acids is 2. The molecule has 124 valence electrons. The second kappa shape index (κ2) is 11.5. The number of carboxylic acids is 2. The number of unbranched alkanes of at least 4 members (excludes halogenated alkanes) is 4. The van der Waals surface area contributed by atoms with Crippen molar-refractivity contribution in [1.29, 1.82) is 0 Å². The molecular weight excluding hydrogens is 346 g/mol. The molecule has 10 heteroatoms. The summed E-state index contributed by atoms with van der Waals surface area (Å²) in [5.74, 6) is -4.01. The van der Waals surface area contributed by atoms with Gasteiger partial charge >= 0.3 is 59.1 Å². The first-order valence-corrected chi connectivity index (χ1v) is 8.29. The summed E-state index contributed by atoms with van der Waals surface area (Å²) < 4.78 is 29.6. The van der Waals surface area contributed by atoms with Gasteiger partial charge in [-0.15, -0.1) is 0 Å². The van der Waals surface area contributed by atoms with Gasteiger partial charge < -0.3 is 19.8 Å². The van der Waals surface area contributed by atoms with Crippen LogP contribution in [-0.2, 0) is 19.7 Å². The molecule has 0 aliphatic carbocycles. The number of carboxylic acid groups (broad SMARTS) is 2. The molecule has 0 heterocycles. The Kier molecular flexibility index (Phi) is 14.3. The summed E-state index contributed by atoms with van der Waals surface area (Å²) >= 11 is 0. The topological polar surface area (TPSA) is 135 Å². The molecule has 1 unspecified atom stereocenters. The van der Waals surface area contributed by atoms with Gasteiger partial charge in [0.15, 0.2) is 0 Å². The Morgan fingerprint density at radius 3 is 1.70 bits per heavy atom. The number of rotatable bonds is 10. The van der Waals surface area contributed by atoms with Crippen LogP contribution in [0.15, 0.2) is 0 Å². The van der Waals surface area contributed by atoms with Crippen LogP contribution in [0.2, 0.25) is 0 Å². The minimum atomic E-state index is -5.20. The molecule has 23 heavy (non-hydrogen) atoms. The smallest absolute Gasteiger partial charge is 0.550 e. The number of aliphatic carboxylic acids is 2. The molecular formula is C13H22Na2O7S. The molecule has 0 aliphatic rings. The van der Waals surface area contributed by atoms with Crippen LogP contribution in [-0.4, -0.2) is 29.7 Å². The molecule has 0 aromatic heterocycles. The summed E-state index contributed by atoms with van der Waals surface area (Å²) in [5.41, 5.74) is -2.33. The van der Waals surface area contributed by atoms with E-state index < -0.39 is 38.6 Å². The van der Waals surface area contributed by atoms with E-state index in [9.17, 15) is 32.8 Å². The molecule has 0 amide bonds. The second-order valence-corrected chi connectivity index (χ2v) is 7.31. The van der Waals surface area contributed by atoms with Crippen LogP contribution in [0, 0.1) is 5.41 Å². The van der Waals surface area contributed by atoms with Crippen molar-refractivity contribution in [2.45, 2.75) is 64.0 Å². The standard InChI is InChI=1S/C13H24O7S.2Na/c1-4-5-6-7-8-9-13(11(16)17,21(18,19)20)12(2,3)10(14)15;;/h4-9H2,1-3H3,(H,14,15)(H,16,17)(H,18,19,20);;/q;2*+1/p-2. The van der Waals surface area contributed by atoms with Gasteiger partial charge in [-0.05, 0) is 6.42 Å². The molecule has 0 saturated carbocycles. The third-order valence-corrected chi connectivity index (χ3v) is 5.68. The average Bonchev–Trinajstić information content (AvgIpc) is 2.30. The largest absolute Gasteiger partial charge is 1.00 e. The van der Waals surface area contributed by atoms with Gasteiger partial charge in [-0.25, -0.2) is 0 Å². The van der Waals surface area contributed by atoms with Crippen molar-refractivity contribution < 1.29 is 91.9 Å². The van der Waals surface area contributed by atoms with Crippen LogP contribution in [0.1, 0.15) is 59.3 Å². The summed E-state index contributed by atoms with van der Waals surface area (Å²) in [6, 6.07) is 0. The fraction of sp³-hybridized carbons (Fsp3) is 0.846. The first kappa shape index (κ1) is 28.6. The summed E-state index contributed by atoms with van der Waals surface area (Å²) in [5, 5.41) is 22.6. The molecule has 1 N–H and O–H groups in total. The van der Waals surface area contributed by atoms with E-state index in [4.69, 9.17) is 0 Å². The van der Waals surface area contributed by atoms with Gasteiger partial charge in [-0.2, -0.15) is 8.42 Å². The molecule has 0 spiro atoms. The van der Waals surface area contributed by atoms with E-state index in [2.05, 4.69) is 0 Å². The van der Waals surface area contributed by atoms with Crippen LogP contribution in [0.5, 0.6) is 0 Å². The summed E-state index contributed by atoms with van der Waals surface area (Å²) in [6.45, 7) is 3.78. The second-order valence-electron chi connectivity index (χ2n) is 5.67. The molecule has 7 nitrogen and oxygen atoms in total. The van der Waals surface area contributed by atoms with Crippen LogP contribution in [0.3, 0.4) is 0 Å². The predicted molar refractivity (Wildman–Crippen MR) is 71.5 cm³/mol. The maximum absolute atomic E-state index is 11.6. The van der Waals surface area contributed by atoms with Crippen molar-refractivity contribution in [3.05, 3.63) is 0 Å². The Labute approximate surface area is 181 Å². The zero-order chi connectivity index (χ0) is 16.9.